The van der Waals surface area contributed by atoms with Gasteiger partial charge in [0.1, 0.15) is 0 Å². The van der Waals surface area contributed by atoms with Gasteiger partial charge in [-0.2, -0.15) is 5.10 Å². The summed E-state index contributed by atoms with van der Waals surface area (Å²) in [4.78, 5) is 28.2. The van der Waals surface area contributed by atoms with Crippen LogP contribution in [0.2, 0.25) is 5.02 Å². The molecule has 0 aliphatic carbocycles. The lowest BCUT2D eigenvalue weighted by atomic mass is 10.2. The molecule has 2 aromatic carbocycles. The number of nitrogens with one attached hydrogen (secondary N) is 1. The zero-order chi connectivity index (χ0) is 21.3. The first-order valence-corrected chi connectivity index (χ1v) is 9.42. The van der Waals surface area contributed by atoms with Crippen molar-refractivity contribution in [2.75, 3.05) is 6.61 Å². The van der Waals surface area contributed by atoms with Crippen molar-refractivity contribution in [3.05, 3.63) is 88.7 Å². The van der Waals surface area contributed by atoms with Gasteiger partial charge in [0.05, 0.1) is 23.9 Å². The van der Waals surface area contributed by atoms with E-state index in [0.717, 1.165) is 0 Å². The van der Waals surface area contributed by atoms with Gasteiger partial charge >= 0.3 is 5.97 Å². The third kappa shape index (κ3) is 5.65. The second-order valence-corrected chi connectivity index (χ2v) is 6.41. The zero-order valence-corrected chi connectivity index (χ0v) is 16.8. The van der Waals surface area contributed by atoms with Crippen molar-refractivity contribution >= 4 is 29.7 Å². The van der Waals surface area contributed by atoms with Crippen molar-refractivity contribution < 1.29 is 19.1 Å². The van der Waals surface area contributed by atoms with E-state index in [9.17, 15) is 9.59 Å². The van der Waals surface area contributed by atoms with Crippen LogP contribution in [0.3, 0.4) is 0 Å². The third-order valence-corrected chi connectivity index (χ3v) is 4.11. The van der Waals surface area contributed by atoms with Crippen LogP contribution in [0.5, 0.6) is 11.5 Å². The summed E-state index contributed by atoms with van der Waals surface area (Å²) in [6.45, 7) is 2.20. The summed E-state index contributed by atoms with van der Waals surface area (Å²) < 4.78 is 11.0. The van der Waals surface area contributed by atoms with Gasteiger partial charge in [-0.15, -0.1) is 0 Å². The van der Waals surface area contributed by atoms with Gasteiger partial charge in [0.25, 0.3) is 5.91 Å². The minimum absolute atomic E-state index is 0.272. The van der Waals surface area contributed by atoms with Gasteiger partial charge in [0.15, 0.2) is 11.5 Å². The number of hydrogen-bond donors (Lipinski definition) is 1. The number of hydrazone groups is 1. The molecule has 1 amide bonds. The van der Waals surface area contributed by atoms with Crippen molar-refractivity contribution in [3.8, 4) is 11.5 Å². The standard InChI is InChI=1S/C22H18ClN3O4/c1-2-29-20-12-15(13-25-26-21(27)17-4-3-11-24-14-17)5-10-19(20)30-22(28)16-6-8-18(23)9-7-16/h3-14H,2H2,1H3,(H,26,27)/b25-13+. The van der Waals surface area contributed by atoms with Crippen LogP contribution in [0, 0.1) is 0 Å². The molecule has 1 N–H and O–H groups in total. The van der Waals surface area contributed by atoms with Gasteiger partial charge in [0.2, 0.25) is 0 Å². The quantitative estimate of drug-likeness (QED) is 0.267. The second-order valence-electron chi connectivity index (χ2n) is 5.98. The monoisotopic (exact) mass is 423 g/mol. The number of esters is 1. The van der Waals surface area contributed by atoms with Crippen LogP contribution in [0.1, 0.15) is 33.2 Å². The minimum atomic E-state index is -0.530. The summed E-state index contributed by atoms with van der Waals surface area (Å²) in [6.07, 6.45) is 4.49. The van der Waals surface area contributed by atoms with Crippen molar-refractivity contribution in [1.82, 2.24) is 10.4 Å². The maximum absolute atomic E-state index is 12.3. The number of carbonyl (C=O) groups is 2. The molecule has 0 unspecified atom stereocenters. The molecule has 0 atom stereocenters. The molecule has 0 aliphatic rings. The molecule has 0 aliphatic heterocycles. The Morgan fingerprint density at radius 1 is 1.10 bits per heavy atom. The van der Waals surface area contributed by atoms with E-state index < -0.39 is 5.97 Å². The molecule has 1 aromatic heterocycles. The molecule has 0 radical (unpaired) electrons. The molecule has 0 fully saturated rings. The highest BCUT2D eigenvalue weighted by atomic mass is 35.5. The fourth-order valence-corrected chi connectivity index (χ4v) is 2.56. The van der Waals surface area contributed by atoms with Gasteiger partial charge in [-0.25, -0.2) is 10.2 Å². The van der Waals surface area contributed by atoms with E-state index in [1.807, 2.05) is 6.92 Å². The zero-order valence-electron chi connectivity index (χ0n) is 16.0. The molecule has 0 saturated heterocycles. The average molecular weight is 424 g/mol. The Bertz CT molecular complexity index is 1050. The van der Waals surface area contributed by atoms with Gasteiger partial charge in [-0.3, -0.25) is 9.78 Å². The largest absolute Gasteiger partial charge is 0.490 e. The molecule has 30 heavy (non-hydrogen) atoms. The lowest BCUT2D eigenvalue weighted by Gasteiger charge is -2.11. The van der Waals surface area contributed by atoms with E-state index in [-0.39, 0.29) is 11.7 Å². The van der Waals surface area contributed by atoms with Crippen LogP contribution >= 0.6 is 11.6 Å². The highest BCUT2D eigenvalue weighted by Crippen LogP contribution is 2.29. The van der Waals surface area contributed by atoms with Crippen LogP contribution in [0.25, 0.3) is 0 Å². The highest BCUT2D eigenvalue weighted by molar-refractivity contribution is 6.30. The summed E-state index contributed by atoms with van der Waals surface area (Å²) in [5, 5.41) is 4.47. The first-order valence-electron chi connectivity index (χ1n) is 9.05. The Kier molecular flexibility index (Phi) is 7.13. The van der Waals surface area contributed by atoms with E-state index >= 15 is 0 Å². The molecule has 152 valence electrons. The van der Waals surface area contributed by atoms with Crippen LogP contribution < -0.4 is 14.9 Å². The van der Waals surface area contributed by atoms with Gasteiger partial charge in [0, 0.05) is 17.4 Å². The number of nitrogens with zero attached hydrogens (tertiary/aromatic N) is 2. The number of rotatable bonds is 7. The number of benzene rings is 2. The number of pyridine rings is 1. The highest BCUT2D eigenvalue weighted by Gasteiger charge is 2.13. The first kappa shape index (κ1) is 21.0. The molecule has 0 saturated carbocycles. The van der Waals surface area contributed by atoms with Gasteiger partial charge in [-0.1, -0.05) is 11.6 Å². The van der Waals surface area contributed by atoms with Crippen molar-refractivity contribution in [3.63, 3.8) is 0 Å². The lowest BCUT2D eigenvalue weighted by molar-refractivity contribution is 0.0728. The molecule has 3 aromatic rings. The fourth-order valence-electron chi connectivity index (χ4n) is 2.43. The van der Waals surface area contributed by atoms with Crippen molar-refractivity contribution in [2.24, 2.45) is 5.10 Å². The predicted molar refractivity (Wildman–Crippen MR) is 113 cm³/mol. The van der Waals surface area contributed by atoms with Crippen LogP contribution in [0.4, 0.5) is 0 Å². The topological polar surface area (TPSA) is 89.9 Å². The van der Waals surface area contributed by atoms with E-state index in [1.54, 1.807) is 60.8 Å². The average Bonchev–Trinajstić information content (AvgIpc) is 2.76. The first-order chi connectivity index (χ1) is 14.6. The number of ether oxygens (including phenoxy) is 2. The minimum Gasteiger partial charge on any atom is -0.490 e. The maximum atomic E-state index is 12.3. The summed E-state index contributed by atoms with van der Waals surface area (Å²) in [6, 6.07) is 14.6. The Hall–Kier alpha value is -3.71. The van der Waals surface area contributed by atoms with E-state index in [2.05, 4.69) is 15.5 Å². The van der Waals surface area contributed by atoms with E-state index in [4.69, 9.17) is 21.1 Å². The Morgan fingerprint density at radius 2 is 1.90 bits per heavy atom. The number of amides is 1. The summed E-state index contributed by atoms with van der Waals surface area (Å²) in [5.74, 6) is -0.258. The molecular weight excluding hydrogens is 406 g/mol. The Labute approximate surface area is 178 Å². The van der Waals surface area contributed by atoms with Crippen LogP contribution in [-0.2, 0) is 0 Å². The molecular formula is C22H18ClN3O4. The van der Waals surface area contributed by atoms with Crippen molar-refractivity contribution in [1.29, 1.82) is 0 Å². The normalized spacial score (nSPS) is 10.6. The summed E-state index contributed by atoms with van der Waals surface area (Å²) in [5.41, 5.74) is 3.84. The number of aromatic nitrogens is 1. The number of carbonyl (C=O) groups excluding carboxylic acids is 2. The Morgan fingerprint density at radius 3 is 2.60 bits per heavy atom. The lowest BCUT2D eigenvalue weighted by Crippen LogP contribution is -2.17. The molecule has 0 bridgehead atoms. The van der Waals surface area contributed by atoms with Gasteiger partial charge < -0.3 is 9.47 Å². The van der Waals surface area contributed by atoms with Crippen LogP contribution in [-0.4, -0.2) is 29.7 Å². The molecule has 0 spiro atoms. The Balaban J connectivity index is 1.70. The molecule has 7 nitrogen and oxygen atoms in total. The van der Waals surface area contributed by atoms with Crippen molar-refractivity contribution in [2.45, 2.75) is 6.92 Å². The number of hydrogen-bond acceptors (Lipinski definition) is 6. The van der Waals surface area contributed by atoms with Crippen LogP contribution in [0.15, 0.2) is 72.1 Å². The number of halogens is 1. The van der Waals surface area contributed by atoms with E-state index in [0.29, 0.717) is 34.1 Å². The predicted octanol–water partition coefficient (Wildman–Crippen LogP) is 4.12. The maximum Gasteiger partial charge on any atom is 0.343 e. The fraction of sp³-hybridized carbons (Fsp3) is 0.0909. The van der Waals surface area contributed by atoms with Gasteiger partial charge in [-0.05, 0) is 67.1 Å². The second kappa shape index (κ2) is 10.2. The molecule has 1 heterocycles. The van der Waals surface area contributed by atoms with E-state index in [1.165, 1.54) is 12.4 Å². The SMILES string of the molecule is CCOc1cc(/C=N/NC(=O)c2cccnc2)ccc1OC(=O)c1ccc(Cl)cc1. The third-order valence-electron chi connectivity index (χ3n) is 3.85. The summed E-state index contributed by atoms with van der Waals surface area (Å²) in [7, 11) is 0. The summed E-state index contributed by atoms with van der Waals surface area (Å²) >= 11 is 5.84. The molecule has 8 heteroatoms. The smallest absolute Gasteiger partial charge is 0.343 e. The molecule has 3 rings (SSSR count).